The molecule has 0 atom stereocenters. The molecule has 1 fully saturated rings. The van der Waals surface area contributed by atoms with Crippen molar-refractivity contribution in [3.8, 4) is 17.0 Å². The first-order valence-corrected chi connectivity index (χ1v) is 12.4. The fourth-order valence-corrected chi connectivity index (χ4v) is 4.56. The highest BCUT2D eigenvalue weighted by molar-refractivity contribution is 5.85. The van der Waals surface area contributed by atoms with Gasteiger partial charge in [0.05, 0.1) is 0 Å². The number of amides is 1. The molecule has 2 aromatic carbocycles. The molecular formula is C28H33N5O3. The van der Waals surface area contributed by atoms with E-state index in [1.807, 2.05) is 42.6 Å². The minimum Gasteiger partial charge on any atom is -0.489 e. The lowest BCUT2D eigenvalue weighted by atomic mass is 9.89. The van der Waals surface area contributed by atoms with E-state index in [0.29, 0.717) is 24.9 Å². The molecule has 0 aliphatic heterocycles. The van der Waals surface area contributed by atoms with Gasteiger partial charge in [0.2, 0.25) is 0 Å². The van der Waals surface area contributed by atoms with Crippen LogP contribution in [0, 0.1) is 0 Å². The largest absolute Gasteiger partial charge is 0.489 e. The summed E-state index contributed by atoms with van der Waals surface area (Å²) in [5.41, 5.74) is 10.2. The molecule has 5 rings (SSSR count). The fraction of sp³-hybridized carbons (Fsp3) is 0.321. The molecule has 188 valence electrons. The predicted octanol–water partition coefficient (Wildman–Crippen LogP) is 5.88. The highest BCUT2D eigenvalue weighted by Crippen LogP contribution is 2.37. The summed E-state index contributed by atoms with van der Waals surface area (Å²) in [6.45, 7) is 2.74. The van der Waals surface area contributed by atoms with E-state index < -0.39 is 6.09 Å². The topological polar surface area (TPSA) is 115 Å². The van der Waals surface area contributed by atoms with Gasteiger partial charge in [0.15, 0.2) is 0 Å². The van der Waals surface area contributed by atoms with Crippen LogP contribution >= 0.6 is 0 Å². The molecule has 1 aliphatic carbocycles. The Labute approximate surface area is 211 Å². The van der Waals surface area contributed by atoms with E-state index in [-0.39, 0.29) is 0 Å². The number of carboxylic acid groups (broad SMARTS) is 1. The zero-order valence-corrected chi connectivity index (χ0v) is 20.6. The van der Waals surface area contributed by atoms with Crippen LogP contribution in [0.1, 0.15) is 56.3 Å². The quantitative estimate of drug-likeness (QED) is 0.313. The molecule has 4 aromatic rings. The maximum Gasteiger partial charge on any atom is 0.404 e. The molecule has 0 spiro atoms. The van der Waals surface area contributed by atoms with Crippen molar-refractivity contribution in [1.82, 2.24) is 19.7 Å². The molecule has 0 saturated heterocycles. The molecule has 8 nitrogen and oxygen atoms in total. The van der Waals surface area contributed by atoms with E-state index in [9.17, 15) is 4.79 Å². The third kappa shape index (κ3) is 6.13. The normalized spacial score (nSPS) is 13.6. The Hall–Kier alpha value is -4.07. The van der Waals surface area contributed by atoms with Crippen molar-refractivity contribution in [2.45, 2.75) is 51.6 Å². The summed E-state index contributed by atoms with van der Waals surface area (Å²) in [6, 6.07) is 18.3. The van der Waals surface area contributed by atoms with Gasteiger partial charge in [-0.15, -0.1) is 0 Å². The number of nitrogens with zero attached hydrogens (tertiary/aromatic N) is 3. The number of aromatic nitrogens is 3. The minimum absolute atomic E-state index is 0.472. The minimum atomic E-state index is -0.961. The molecule has 4 N–H and O–H groups in total. The summed E-state index contributed by atoms with van der Waals surface area (Å²) in [5.74, 6) is 2.90. The van der Waals surface area contributed by atoms with Gasteiger partial charge in [-0.05, 0) is 37.5 Å². The number of hydrogen-bond donors (Lipinski definition) is 3. The first kappa shape index (κ1) is 25.0. The lowest BCUT2D eigenvalue weighted by Gasteiger charge is -2.20. The number of nitrogen functional groups attached to an aromatic ring is 1. The predicted molar refractivity (Wildman–Crippen MR) is 141 cm³/mol. The summed E-state index contributed by atoms with van der Waals surface area (Å²) in [7, 11) is 0. The molecule has 2 heterocycles. The second-order valence-corrected chi connectivity index (χ2v) is 8.82. The van der Waals surface area contributed by atoms with Gasteiger partial charge in [-0.25, -0.2) is 14.8 Å². The van der Waals surface area contributed by atoms with Gasteiger partial charge in [0, 0.05) is 30.4 Å². The average molecular weight is 488 g/mol. The van der Waals surface area contributed by atoms with Crippen LogP contribution in [0.25, 0.3) is 16.8 Å². The highest BCUT2D eigenvalue weighted by Gasteiger charge is 2.24. The molecule has 2 aromatic heterocycles. The lowest BCUT2D eigenvalue weighted by Crippen LogP contribution is -2.19. The molecule has 1 amide bonds. The average Bonchev–Trinajstić information content (AvgIpc) is 3.30. The Morgan fingerprint density at radius 3 is 2.61 bits per heavy atom. The molecule has 36 heavy (non-hydrogen) atoms. The first-order chi connectivity index (χ1) is 17.6. The van der Waals surface area contributed by atoms with Crippen molar-refractivity contribution in [2.24, 2.45) is 0 Å². The Bertz CT molecular complexity index is 1280. The van der Waals surface area contributed by atoms with Crippen LogP contribution in [0.5, 0.6) is 5.75 Å². The van der Waals surface area contributed by atoms with Crippen LogP contribution in [-0.2, 0) is 6.61 Å². The maximum absolute atomic E-state index is 9.49. The van der Waals surface area contributed by atoms with E-state index in [0.717, 1.165) is 33.9 Å². The number of hydrogen-bond acceptors (Lipinski definition) is 5. The number of ether oxygens (including phenoxy) is 1. The van der Waals surface area contributed by atoms with E-state index in [4.69, 9.17) is 20.6 Å². The standard InChI is InChI=1S/C25H26N4O.C3H7NO2/c26-24-23-22(28-25(29(23)15-14-27-24)19-10-5-2-6-11-19)20-12-7-13-21(16-20)30-17-18-8-3-1-4-9-18;1-2-4-3(5)6/h1,3-4,7-9,12-16,19H,2,5-6,10-11,17H2,(H2,26,27);4H,2H2,1H3,(H,5,6). The molecule has 0 unspecified atom stereocenters. The van der Waals surface area contributed by atoms with Gasteiger partial charge in [-0.1, -0.05) is 61.7 Å². The summed E-state index contributed by atoms with van der Waals surface area (Å²) in [4.78, 5) is 18.9. The molecule has 0 radical (unpaired) electrons. The third-order valence-electron chi connectivity index (χ3n) is 6.26. The molecule has 1 aliphatic rings. The second-order valence-electron chi connectivity index (χ2n) is 8.82. The zero-order chi connectivity index (χ0) is 25.3. The Morgan fingerprint density at radius 2 is 1.92 bits per heavy atom. The summed E-state index contributed by atoms with van der Waals surface area (Å²) < 4.78 is 8.18. The van der Waals surface area contributed by atoms with E-state index in [1.54, 1.807) is 13.1 Å². The van der Waals surface area contributed by atoms with E-state index >= 15 is 0 Å². The Kier molecular flexibility index (Phi) is 8.39. The second kappa shape index (κ2) is 12.1. The Balaban J connectivity index is 0.000000455. The van der Waals surface area contributed by atoms with Crippen molar-refractivity contribution in [3.05, 3.63) is 78.4 Å². The van der Waals surface area contributed by atoms with E-state index in [1.165, 1.54) is 32.1 Å². The first-order valence-electron chi connectivity index (χ1n) is 12.4. The smallest absolute Gasteiger partial charge is 0.404 e. The third-order valence-corrected chi connectivity index (χ3v) is 6.26. The van der Waals surface area contributed by atoms with E-state index in [2.05, 4.69) is 32.9 Å². The van der Waals surface area contributed by atoms with Crippen molar-refractivity contribution < 1.29 is 14.6 Å². The summed E-state index contributed by atoms with van der Waals surface area (Å²) in [6.07, 6.45) is 8.99. The number of nitrogens with one attached hydrogen (secondary N) is 1. The van der Waals surface area contributed by atoms with Crippen LogP contribution < -0.4 is 15.8 Å². The van der Waals surface area contributed by atoms with Gasteiger partial charge in [-0.3, -0.25) is 4.40 Å². The van der Waals surface area contributed by atoms with Crippen LogP contribution in [0.4, 0.5) is 10.6 Å². The van der Waals surface area contributed by atoms with Crippen molar-refractivity contribution in [3.63, 3.8) is 0 Å². The number of carbonyl (C=O) groups is 1. The van der Waals surface area contributed by atoms with Gasteiger partial charge in [-0.2, -0.15) is 0 Å². The highest BCUT2D eigenvalue weighted by atomic mass is 16.5. The molecule has 0 bridgehead atoms. The lowest BCUT2D eigenvalue weighted by molar-refractivity contribution is 0.195. The fourth-order valence-electron chi connectivity index (χ4n) is 4.56. The van der Waals surface area contributed by atoms with Crippen LogP contribution in [0.3, 0.4) is 0 Å². The van der Waals surface area contributed by atoms with Gasteiger partial charge < -0.3 is 20.9 Å². The molecule has 1 saturated carbocycles. The zero-order valence-electron chi connectivity index (χ0n) is 20.6. The summed E-state index contributed by atoms with van der Waals surface area (Å²) in [5, 5.41) is 9.93. The monoisotopic (exact) mass is 487 g/mol. The molecule has 8 heteroatoms. The van der Waals surface area contributed by atoms with Crippen molar-refractivity contribution >= 4 is 17.4 Å². The number of benzene rings is 2. The Morgan fingerprint density at radius 1 is 1.14 bits per heavy atom. The maximum atomic E-state index is 9.49. The van der Waals surface area contributed by atoms with Crippen molar-refractivity contribution in [1.29, 1.82) is 0 Å². The number of anilines is 1. The van der Waals surface area contributed by atoms with Gasteiger partial charge in [0.1, 0.15) is 35.2 Å². The van der Waals surface area contributed by atoms with Gasteiger partial charge in [0.25, 0.3) is 0 Å². The number of imidazole rings is 1. The van der Waals surface area contributed by atoms with Crippen LogP contribution in [0.15, 0.2) is 67.0 Å². The van der Waals surface area contributed by atoms with Crippen molar-refractivity contribution in [2.75, 3.05) is 12.3 Å². The SMILES string of the molecule is CCNC(=O)O.Nc1nccn2c(C3CCCCC3)nc(-c3cccc(OCc4ccccc4)c3)c12. The molecular weight excluding hydrogens is 454 g/mol. The summed E-state index contributed by atoms with van der Waals surface area (Å²) >= 11 is 0. The number of fused-ring (bicyclic) bond motifs is 1. The number of rotatable bonds is 6. The van der Waals surface area contributed by atoms with Gasteiger partial charge >= 0.3 is 6.09 Å². The van der Waals surface area contributed by atoms with Crippen LogP contribution in [-0.4, -0.2) is 32.1 Å². The van der Waals surface area contributed by atoms with Crippen LogP contribution in [0.2, 0.25) is 0 Å². The number of nitrogens with two attached hydrogens (primary N) is 1.